The molecule has 0 aliphatic heterocycles. The molecular weight excluding hydrogens is 538 g/mol. The molecule has 0 fully saturated rings. The predicted octanol–water partition coefficient (Wildman–Crippen LogP) is 7.31. The maximum Gasteiger partial charge on any atom is 0.142 e. The maximum atomic E-state index is 6.08. The molecular formula is C21H16Br3NO2. The van der Waals surface area contributed by atoms with Crippen LogP contribution in [0.5, 0.6) is 11.5 Å². The summed E-state index contributed by atoms with van der Waals surface area (Å²) in [4.78, 5) is 4.55. The van der Waals surface area contributed by atoms with Crippen molar-refractivity contribution >= 4 is 59.7 Å². The highest BCUT2D eigenvalue weighted by Gasteiger charge is 2.10. The van der Waals surface area contributed by atoms with E-state index in [1.165, 1.54) is 0 Å². The minimum atomic E-state index is 0.469. The van der Waals surface area contributed by atoms with Gasteiger partial charge in [-0.25, -0.2) is 0 Å². The molecule has 0 aromatic heterocycles. The van der Waals surface area contributed by atoms with Crippen molar-refractivity contribution in [1.29, 1.82) is 0 Å². The van der Waals surface area contributed by atoms with Crippen LogP contribution in [0.4, 0.5) is 5.69 Å². The summed E-state index contributed by atoms with van der Waals surface area (Å²) in [6.07, 6.45) is 1.80. The van der Waals surface area contributed by atoms with Crippen molar-refractivity contribution in [2.45, 2.75) is 6.61 Å². The first-order valence-electron chi connectivity index (χ1n) is 8.09. The molecule has 138 valence electrons. The van der Waals surface area contributed by atoms with Crippen LogP contribution in [0, 0.1) is 0 Å². The highest BCUT2D eigenvalue weighted by molar-refractivity contribution is 9.11. The largest absolute Gasteiger partial charge is 0.497 e. The lowest BCUT2D eigenvalue weighted by Crippen LogP contribution is -1.99. The van der Waals surface area contributed by atoms with E-state index in [2.05, 4.69) is 52.8 Å². The fourth-order valence-corrected chi connectivity index (χ4v) is 4.01. The van der Waals surface area contributed by atoms with Gasteiger partial charge in [0, 0.05) is 20.7 Å². The molecule has 0 saturated heterocycles. The van der Waals surface area contributed by atoms with E-state index in [9.17, 15) is 0 Å². The summed E-state index contributed by atoms with van der Waals surface area (Å²) in [7, 11) is 1.65. The Morgan fingerprint density at radius 1 is 0.889 bits per heavy atom. The molecule has 3 aromatic rings. The number of benzene rings is 3. The molecule has 3 aromatic carbocycles. The Morgan fingerprint density at radius 3 is 2.26 bits per heavy atom. The average molecular weight is 554 g/mol. The van der Waals surface area contributed by atoms with Gasteiger partial charge in [0.05, 0.1) is 17.3 Å². The van der Waals surface area contributed by atoms with E-state index in [4.69, 9.17) is 9.47 Å². The third-order valence-corrected chi connectivity index (χ3v) is 5.33. The van der Waals surface area contributed by atoms with Gasteiger partial charge in [-0.3, -0.25) is 4.99 Å². The van der Waals surface area contributed by atoms with E-state index in [1.54, 1.807) is 13.3 Å². The zero-order valence-electron chi connectivity index (χ0n) is 14.5. The molecule has 0 bridgehead atoms. The van der Waals surface area contributed by atoms with Gasteiger partial charge >= 0.3 is 0 Å². The quantitative estimate of drug-likeness (QED) is 0.300. The zero-order chi connectivity index (χ0) is 19.2. The number of halogens is 3. The van der Waals surface area contributed by atoms with Gasteiger partial charge < -0.3 is 9.47 Å². The van der Waals surface area contributed by atoms with Crippen molar-refractivity contribution in [3.05, 3.63) is 85.2 Å². The van der Waals surface area contributed by atoms with Crippen molar-refractivity contribution in [3.8, 4) is 11.5 Å². The summed E-state index contributed by atoms with van der Waals surface area (Å²) in [6, 6.07) is 19.6. The number of nitrogens with zero attached hydrogens (tertiary/aromatic N) is 1. The lowest BCUT2D eigenvalue weighted by atomic mass is 10.2. The molecule has 0 spiro atoms. The van der Waals surface area contributed by atoms with Gasteiger partial charge in [0.25, 0.3) is 0 Å². The summed E-state index contributed by atoms with van der Waals surface area (Å²) in [5, 5.41) is 0. The number of hydrogen-bond donors (Lipinski definition) is 0. The van der Waals surface area contributed by atoms with E-state index < -0.39 is 0 Å². The van der Waals surface area contributed by atoms with Gasteiger partial charge in [-0.05, 0) is 70.0 Å². The molecule has 0 unspecified atom stereocenters. The molecule has 0 amide bonds. The maximum absolute atomic E-state index is 6.08. The Hall–Kier alpha value is -1.63. The van der Waals surface area contributed by atoms with E-state index in [1.807, 2.05) is 60.7 Å². The highest BCUT2D eigenvalue weighted by atomic mass is 79.9. The number of ether oxygens (including phenoxy) is 2. The van der Waals surface area contributed by atoms with Crippen LogP contribution >= 0.6 is 47.8 Å². The minimum absolute atomic E-state index is 0.469. The molecule has 27 heavy (non-hydrogen) atoms. The van der Waals surface area contributed by atoms with Crippen LogP contribution in [0.25, 0.3) is 0 Å². The van der Waals surface area contributed by atoms with Crippen LogP contribution < -0.4 is 9.47 Å². The first kappa shape index (κ1) is 20.1. The normalized spacial score (nSPS) is 11.0. The standard InChI is InChI=1S/C21H16Br3NO2/c1-26-19-8-6-18(7-9-19)25-12-15-10-17(23)11-20(24)21(15)27-13-14-2-4-16(22)5-3-14/h2-12H,13H2,1H3. The van der Waals surface area contributed by atoms with Gasteiger partial charge in [0.2, 0.25) is 0 Å². The lowest BCUT2D eigenvalue weighted by Gasteiger charge is -2.12. The molecule has 0 radical (unpaired) electrons. The van der Waals surface area contributed by atoms with Gasteiger partial charge in [0.15, 0.2) is 0 Å². The molecule has 0 aliphatic rings. The van der Waals surface area contributed by atoms with Gasteiger partial charge in [-0.2, -0.15) is 0 Å². The second-order valence-corrected chi connectivity index (χ2v) is 8.36. The number of aliphatic imine (C=N–C) groups is 1. The van der Waals surface area contributed by atoms with Gasteiger partial charge in [-0.1, -0.05) is 44.0 Å². The van der Waals surface area contributed by atoms with Gasteiger partial charge in [-0.15, -0.1) is 0 Å². The molecule has 0 atom stereocenters. The third-order valence-electron chi connectivity index (χ3n) is 3.76. The summed E-state index contributed by atoms with van der Waals surface area (Å²) in [5.41, 5.74) is 2.81. The van der Waals surface area contributed by atoms with Crippen LogP contribution in [0.15, 0.2) is 79.1 Å². The number of methoxy groups -OCH3 is 1. The van der Waals surface area contributed by atoms with E-state index in [0.717, 1.165) is 41.7 Å². The van der Waals surface area contributed by atoms with Crippen LogP contribution in [0.1, 0.15) is 11.1 Å². The Morgan fingerprint density at radius 2 is 1.59 bits per heavy atom. The zero-order valence-corrected chi connectivity index (χ0v) is 19.2. The van der Waals surface area contributed by atoms with Crippen molar-refractivity contribution in [2.24, 2.45) is 4.99 Å². The fraction of sp³-hybridized carbons (Fsp3) is 0.0952. The summed E-state index contributed by atoms with van der Waals surface area (Å²) < 4.78 is 14.1. The van der Waals surface area contributed by atoms with Crippen LogP contribution in [-0.4, -0.2) is 13.3 Å². The smallest absolute Gasteiger partial charge is 0.142 e. The SMILES string of the molecule is COc1ccc(N=Cc2cc(Br)cc(Br)c2OCc2ccc(Br)cc2)cc1. The lowest BCUT2D eigenvalue weighted by molar-refractivity contribution is 0.304. The molecule has 3 rings (SSSR count). The molecule has 0 aliphatic carbocycles. The van der Waals surface area contributed by atoms with Crippen molar-refractivity contribution in [2.75, 3.05) is 7.11 Å². The van der Waals surface area contributed by atoms with Gasteiger partial charge in [0.1, 0.15) is 18.1 Å². The van der Waals surface area contributed by atoms with E-state index in [-0.39, 0.29) is 0 Å². The third kappa shape index (κ3) is 5.67. The Labute approximate surface area is 183 Å². The molecule has 3 nitrogen and oxygen atoms in total. The predicted molar refractivity (Wildman–Crippen MR) is 121 cm³/mol. The van der Waals surface area contributed by atoms with E-state index >= 15 is 0 Å². The molecule has 0 saturated carbocycles. The van der Waals surface area contributed by atoms with Crippen LogP contribution in [-0.2, 0) is 6.61 Å². The summed E-state index contributed by atoms with van der Waals surface area (Å²) in [5.74, 6) is 1.55. The second-order valence-electron chi connectivity index (χ2n) is 5.68. The minimum Gasteiger partial charge on any atom is -0.497 e. The molecule has 0 heterocycles. The first-order valence-corrected chi connectivity index (χ1v) is 10.5. The monoisotopic (exact) mass is 551 g/mol. The summed E-state index contributed by atoms with van der Waals surface area (Å²) in [6.45, 7) is 0.469. The number of hydrogen-bond acceptors (Lipinski definition) is 3. The first-order chi connectivity index (χ1) is 13.0. The molecule has 0 N–H and O–H groups in total. The Bertz CT molecular complexity index is 939. The summed E-state index contributed by atoms with van der Waals surface area (Å²) >= 11 is 10.6. The number of rotatable bonds is 6. The van der Waals surface area contributed by atoms with E-state index in [0.29, 0.717) is 6.61 Å². The van der Waals surface area contributed by atoms with Crippen molar-refractivity contribution < 1.29 is 9.47 Å². The highest BCUT2D eigenvalue weighted by Crippen LogP contribution is 2.33. The molecule has 6 heteroatoms. The van der Waals surface area contributed by atoms with Crippen molar-refractivity contribution in [3.63, 3.8) is 0 Å². The second kappa shape index (κ2) is 9.53. The average Bonchev–Trinajstić information content (AvgIpc) is 2.67. The Balaban J connectivity index is 1.82. The Kier molecular flexibility index (Phi) is 7.10. The van der Waals surface area contributed by atoms with Crippen LogP contribution in [0.3, 0.4) is 0 Å². The van der Waals surface area contributed by atoms with Crippen LogP contribution in [0.2, 0.25) is 0 Å². The fourth-order valence-electron chi connectivity index (χ4n) is 2.38. The topological polar surface area (TPSA) is 30.8 Å². The van der Waals surface area contributed by atoms with Crippen molar-refractivity contribution in [1.82, 2.24) is 0 Å².